The zero-order valence-corrected chi connectivity index (χ0v) is 15.0. The Balaban J connectivity index is 1.60. The van der Waals surface area contributed by atoms with Gasteiger partial charge in [-0.1, -0.05) is 17.7 Å². The first kappa shape index (κ1) is 16.1. The van der Waals surface area contributed by atoms with Gasteiger partial charge in [-0.05, 0) is 60.2 Å². The van der Waals surface area contributed by atoms with Crippen LogP contribution in [0.3, 0.4) is 0 Å². The number of phenolic OH excluding ortho intramolecular Hbond substituents is 1. The van der Waals surface area contributed by atoms with Crippen LogP contribution in [0.5, 0.6) is 11.5 Å². The van der Waals surface area contributed by atoms with Gasteiger partial charge in [-0.2, -0.15) is 5.10 Å². The van der Waals surface area contributed by atoms with Gasteiger partial charge < -0.3 is 9.84 Å². The van der Waals surface area contributed by atoms with Gasteiger partial charge >= 0.3 is 0 Å². The van der Waals surface area contributed by atoms with Crippen molar-refractivity contribution >= 4 is 17.3 Å². The van der Waals surface area contributed by atoms with Crippen molar-refractivity contribution in [2.75, 3.05) is 0 Å². The molecule has 2 atom stereocenters. The molecule has 2 aliphatic heterocycles. The first-order valence-corrected chi connectivity index (χ1v) is 9.09. The van der Waals surface area contributed by atoms with Crippen LogP contribution >= 0.6 is 11.6 Å². The largest absolute Gasteiger partial charge is 0.508 e. The van der Waals surface area contributed by atoms with Crippen LogP contribution in [0.2, 0.25) is 5.02 Å². The summed E-state index contributed by atoms with van der Waals surface area (Å²) in [4.78, 5) is 4.47. The lowest BCUT2D eigenvalue weighted by Gasteiger charge is -2.37. The minimum atomic E-state index is -0.403. The number of ether oxygens (including phenoxy) is 1. The normalized spacial score (nSPS) is 20.5. The Labute approximate surface area is 161 Å². The van der Waals surface area contributed by atoms with Crippen LogP contribution in [0, 0.1) is 0 Å². The molecule has 3 heterocycles. The number of phenols is 1. The second-order valence-electron chi connectivity index (χ2n) is 6.60. The highest BCUT2D eigenvalue weighted by Crippen LogP contribution is 2.47. The summed E-state index contributed by atoms with van der Waals surface area (Å²) in [6.07, 6.45) is 2.08. The molecule has 6 heteroatoms. The van der Waals surface area contributed by atoms with E-state index in [1.165, 1.54) is 0 Å². The van der Waals surface area contributed by atoms with E-state index in [0.717, 1.165) is 34.7 Å². The number of halogens is 1. The Morgan fingerprint density at radius 3 is 2.70 bits per heavy atom. The smallest absolute Gasteiger partial charge is 0.230 e. The van der Waals surface area contributed by atoms with Gasteiger partial charge in [-0.3, -0.25) is 4.98 Å². The molecular formula is C21H16ClN3O2. The van der Waals surface area contributed by atoms with Crippen molar-refractivity contribution in [2.45, 2.75) is 18.7 Å². The molecule has 0 bridgehead atoms. The van der Waals surface area contributed by atoms with Crippen molar-refractivity contribution in [3.05, 3.63) is 88.7 Å². The van der Waals surface area contributed by atoms with Crippen molar-refractivity contribution in [3.8, 4) is 11.5 Å². The number of aromatic nitrogens is 1. The minimum absolute atomic E-state index is 0.0169. The predicted octanol–water partition coefficient (Wildman–Crippen LogP) is 4.68. The van der Waals surface area contributed by atoms with E-state index in [1.54, 1.807) is 18.3 Å². The van der Waals surface area contributed by atoms with Crippen LogP contribution in [-0.4, -0.2) is 20.8 Å². The van der Waals surface area contributed by atoms with Crippen molar-refractivity contribution in [3.63, 3.8) is 0 Å². The monoisotopic (exact) mass is 377 g/mol. The minimum Gasteiger partial charge on any atom is -0.508 e. The number of nitrogens with zero attached hydrogens (tertiary/aromatic N) is 3. The molecule has 1 aromatic heterocycles. The Bertz CT molecular complexity index is 1020. The second-order valence-corrected chi connectivity index (χ2v) is 7.04. The van der Waals surface area contributed by atoms with Crippen LogP contribution in [-0.2, 0) is 0 Å². The molecule has 27 heavy (non-hydrogen) atoms. The summed E-state index contributed by atoms with van der Waals surface area (Å²) in [5, 5.41) is 17.1. The van der Waals surface area contributed by atoms with Gasteiger partial charge in [0, 0.05) is 23.2 Å². The third-order valence-corrected chi connectivity index (χ3v) is 5.13. The lowest BCUT2D eigenvalue weighted by Crippen LogP contribution is -2.34. The van der Waals surface area contributed by atoms with E-state index in [-0.39, 0.29) is 11.8 Å². The van der Waals surface area contributed by atoms with Crippen LogP contribution in [0.1, 0.15) is 35.5 Å². The molecule has 2 aliphatic rings. The lowest BCUT2D eigenvalue weighted by atomic mass is 9.96. The summed E-state index contributed by atoms with van der Waals surface area (Å²) in [6, 6.07) is 18.6. The van der Waals surface area contributed by atoms with Crippen molar-refractivity contribution < 1.29 is 9.84 Å². The van der Waals surface area contributed by atoms with Gasteiger partial charge in [0.1, 0.15) is 17.2 Å². The highest BCUT2D eigenvalue weighted by molar-refractivity contribution is 6.30. The third-order valence-electron chi connectivity index (χ3n) is 4.89. The summed E-state index contributed by atoms with van der Waals surface area (Å²) < 4.78 is 6.25. The molecule has 0 spiro atoms. The topological polar surface area (TPSA) is 58.0 Å². The predicted molar refractivity (Wildman–Crippen MR) is 103 cm³/mol. The Morgan fingerprint density at radius 2 is 1.93 bits per heavy atom. The van der Waals surface area contributed by atoms with Gasteiger partial charge in [0.2, 0.25) is 6.23 Å². The Hall–Kier alpha value is -3.05. The molecule has 0 aliphatic carbocycles. The Kier molecular flexibility index (Phi) is 3.76. The van der Waals surface area contributed by atoms with E-state index in [4.69, 9.17) is 21.4 Å². The number of rotatable bonds is 2. The number of hydrogen-bond donors (Lipinski definition) is 1. The van der Waals surface area contributed by atoms with E-state index in [1.807, 2.05) is 53.5 Å². The molecule has 5 rings (SSSR count). The molecule has 0 saturated carbocycles. The molecule has 1 N–H and O–H groups in total. The third kappa shape index (κ3) is 2.80. The summed E-state index contributed by atoms with van der Waals surface area (Å²) in [5.41, 5.74) is 3.74. The molecule has 0 amide bonds. The molecule has 0 radical (unpaired) electrons. The maximum Gasteiger partial charge on any atom is 0.230 e. The van der Waals surface area contributed by atoms with Crippen LogP contribution in [0.4, 0.5) is 0 Å². The summed E-state index contributed by atoms with van der Waals surface area (Å²) in [5.74, 6) is 1.04. The molecule has 3 aromatic rings. The van der Waals surface area contributed by atoms with E-state index in [0.29, 0.717) is 5.02 Å². The number of benzene rings is 2. The summed E-state index contributed by atoms with van der Waals surface area (Å²) >= 11 is 6.24. The fraction of sp³-hybridized carbons (Fsp3) is 0.143. The Morgan fingerprint density at radius 1 is 1.07 bits per heavy atom. The molecule has 0 saturated heterocycles. The number of pyridine rings is 1. The maximum atomic E-state index is 9.56. The number of hydrazone groups is 1. The fourth-order valence-electron chi connectivity index (χ4n) is 3.60. The number of fused-ring (bicyclic) bond motifs is 3. The zero-order valence-electron chi connectivity index (χ0n) is 14.3. The van der Waals surface area contributed by atoms with Gasteiger partial charge in [0.25, 0.3) is 0 Å². The van der Waals surface area contributed by atoms with Crippen molar-refractivity contribution in [1.29, 1.82) is 0 Å². The van der Waals surface area contributed by atoms with E-state index >= 15 is 0 Å². The van der Waals surface area contributed by atoms with Gasteiger partial charge in [-0.15, -0.1) is 0 Å². The van der Waals surface area contributed by atoms with Crippen molar-refractivity contribution in [2.24, 2.45) is 5.10 Å². The van der Waals surface area contributed by atoms with Crippen LogP contribution in [0.15, 0.2) is 72.0 Å². The van der Waals surface area contributed by atoms with Crippen LogP contribution < -0.4 is 4.74 Å². The molecule has 0 fully saturated rings. The maximum absolute atomic E-state index is 9.56. The average Bonchev–Trinajstić information content (AvgIpc) is 3.14. The van der Waals surface area contributed by atoms with E-state index in [9.17, 15) is 5.11 Å². The summed E-state index contributed by atoms with van der Waals surface area (Å²) in [6.45, 7) is 0. The first-order chi connectivity index (χ1) is 13.2. The van der Waals surface area contributed by atoms with Gasteiger partial charge in [-0.25, -0.2) is 5.01 Å². The molecule has 2 aromatic carbocycles. The molecule has 134 valence electrons. The van der Waals surface area contributed by atoms with Crippen molar-refractivity contribution in [1.82, 2.24) is 9.99 Å². The number of aromatic hydroxyl groups is 1. The average molecular weight is 378 g/mol. The van der Waals surface area contributed by atoms with Gasteiger partial charge in [0.05, 0.1) is 11.8 Å². The SMILES string of the molecule is Oc1ccc(C2=NN3[C@H](C2)c2cc(Cl)ccc2O[C@@H]3c2ccccn2)cc1. The first-order valence-electron chi connectivity index (χ1n) is 8.71. The van der Waals surface area contributed by atoms with E-state index in [2.05, 4.69) is 4.98 Å². The van der Waals surface area contributed by atoms with Crippen LogP contribution in [0.25, 0.3) is 0 Å². The zero-order chi connectivity index (χ0) is 18.4. The number of hydrogen-bond acceptors (Lipinski definition) is 5. The molecule has 0 unspecified atom stereocenters. The standard InChI is InChI=1S/C21H16ClN3O2/c22-14-6-9-20-16(11-14)19-12-18(13-4-7-15(26)8-5-13)24-25(19)21(27-20)17-3-1-2-10-23-17/h1-11,19,21,26H,12H2/t19-,21-/m1/s1. The molecule has 5 nitrogen and oxygen atoms in total. The fourth-order valence-corrected chi connectivity index (χ4v) is 3.78. The highest BCUT2D eigenvalue weighted by Gasteiger charge is 2.41. The second kappa shape index (κ2) is 6.28. The lowest BCUT2D eigenvalue weighted by molar-refractivity contribution is -0.0218. The molecular weight excluding hydrogens is 362 g/mol. The van der Waals surface area contributed by atoms with E-state index < -0.39 is 6.23 Å². The summed E-state index contributed by atoms with van der Waals surface area (Å²) in [7, 11) is 0. The highest BCUT2D eigenvalue weighted by atomic mass is 35.5. The van der Waals surface area contributed by atoms with Gasteiger partial charge in [0.15, 0.2) is 0 Å². The quantitative estimate of drug-likeness (QED) is 0.704.